The molecule has 0 aliphatic carbocycles. The summed E-state index contributed by atoms with van der Waals surface area (Å²) in [5.41, 5.74) is 0.981. The fourth-order valence-corrected chi connectivity index (χ4v) is 3.15. The van der Waals surface area contributed by atoms with Crippen LogP contribution < -0.4 is 4.72 Å². The second-order valence-corrected chi connectivity index (χ2v) is 6.63. The van der Waals surface area contributed by atoms with Gasteiger partial charge in [0.15, 0.2) is 0 Å². The number of nitrogens with one attached hydrogen (secondary N) is 1. The van der Waals surface area contributed by atoms with Crippen molar-refractivity contribution in [3.05, 3.63) is 59.2 Å². The van der Waals surface area contributed by atoms with Crippen LogP contribution in [0.3, 0.4) is 0 Å². The Balaban J connectivity index is 2.39. The molecule has 0 aliphatic rings. The Hall–Kier alpha value is -2.02. The predicted molar refractivity (Wildman–Crippen MR) is 78.2 cm³/mol. The number of alkyl halides is 3. The number of hydrogen-bond acceptors (Lipinski definition) is 2. The molecule has 0 aliphatic heterocycles. The smallest absolute Gasteiger partial charge is 0.279 e. The van der Waals surface area contributed by atoms with Crippen LogP contribution in [0.25, 0.3) is 0 Å². The molecule has 0 saturated carbocycles. The molecule has 0 bridgehead atoms. The maximum atomic E-state index is 12.7. The lowest BCUT2D eigenvalue weighted by atomic mass is 10.1. The minimum atomic E-state index is -4.59. The van der Waals surface area contributed by atoms with Crippen molar-refractivity contribution in [3.63, 3.8) is 0 Å². The van der Waals surface area contributed by atoms with Crippen molar-refractivity contribution in [1.82, 2.24) is 0 Å². The Morgan fingerprint density at radius 1 is 1.00 bits per heavy atom. The highest BCUT2D eigenvalue weighted by Gasteiger charge is 2.31. The van der Waals surface area contributed by atoms with E-state index in [1.807, 2.05) is 6.92 Å². The monoisotopic (exact) mass is 329 g/mol. The third-order valence-electron chi connectivity index (χ3n) is 3.10. The van der Waals surface area contributed by atoms with Gasteiger partial charge in [0.1, 0.15) is 0 Å². The molecule has 0 spiro atoms. The highest BCUT2D eigenvalue weighted by atomic mass is 32.2. The first kappa shape index (κ1) is 16.4. The van der Waals surface area contributed by atoms with E-state index in [0.717, 1.165) is 23.8 Å². The molecule has 2 rings (SSSR count). The van der Waals surface area contributed by atoms with Gasteiger partial charge in [-0.05, 0) is 43.7 Å². The van der Waals surface area contributed by atoms with E-state index >= 15 is 0 Å². The molecule has 0 fully saturated rings. The fourth-order valence-electron chi connectivity index (χ4n) is 1.97. The van der Waals surface area contributed by atoms with Crippen LogP contribution in [0.15, 0.2) is 47.4 Å². The van der Waals surface area contributed by atoms with Gasteiger partial charge in [0.2, 0.25) is 0 Å². The van der Waals surface area contributed by atoms with Crippen molar-refractivity contribution in [3.8, 4) is 0 Å². The van der Waals surface area contributed by atoms with E-state index in [1.165, 1.54) is 0 Å². The number of halogens is 3. The van der Waals surface area contributed by atoms with Crippen LogP contribution in [0.5, 0.6) is 0 Å². The Labute approximate surface area is 126 Å². The summed E-state index contributed by atoms with van der Waals surface area (Å²) in [5, 5.41) is 0. The van der Waals surface area contributed by atoms with E-state index in [9.17, 15) is 21.6 Å². The van der Waals surface area contributed by atoms with E-state index in [2.05, 4.69) is 4.72 Å². The van der Waals surface area contributed by atoms with Gasteiger partial charge in [0, 0.05) is 0 Å². The van der Waals surface area contributed by atoms with Crippen molar-refractivity contribution in [1.29, 1.82) is 0 Å². The molecule has 1 N–H and O–H groups in total. The number of anilines is 1. The predicted octanol–water partition coefficient (Wildman–Crippen LogP) is 4.12. The Bertz CT molecular complexity index is 799. The highest BCUT2D eigenvalue weighted by Crippen LogP contribution is 2.31. The minimum Gasteiger partial charge on any atom is -0.279 e. The van der Waals surface area contributed by atoms with Crippen molar-refractivity contribution in [2.45, 2.75) is 24.9 Å². The summed E-state index contributed by atoms with van der Waals surface area (Å²) in [6.07, 6.45) is -4.59. The summed E-state index contributed by atoms with van der Waals surface area (Å²) in [5.74, 6) is 0. The largest absolute Gasteiger partial charge is 0.416 e. The second kappa shape index (κ2) is 5.64. The molecule has 0 saturated heterocycles. The van der Waals surface area contributed by atoms with Gasteiger partial charge in [-0.2, -0.15) is 13.2 Å². The SMILES string of the molecule is Cc1ccc(NS(=O)(=O)c2cccc(C(F)(F)F)c2)c(C)c1. The molecule has 0 heterocycles. The number of rotatable bonds is 3. The molecule has 0 unspecified atom stereocenters. The van der Waals surface area contributed by atoms with Crippen LogP contribution in [0.1, 0.15) is 16.7 Å². The van der Waals surface area contributed by atoms with Gasteiger partial charge in [0.05, 0.1) is 16.1 Å². The Kier molecular flexibility index (Phi) is 4.19. The van der Waals surface area contributed by atoms with Crippen LogP contribution >= 0.6 is 0 Å². The van der Waals surface area contributed by atoms with Crippen molar-refractivity contribution < 1.29 is 21.6 Å². The van der Waals surface area contributed by atoms with E-state index in [0.29, 0.717) is 17.3 Å². The summed E-state index contributed by atoms with van der Waals surface area (Å²) in [6, 6.07) is 8.72. The Morgan fingerprint density at radius 2 is 1.68 bits per heavy atom. The van der Waals surface area contributed by atoms with Gasteiger partial charge >= 0.3 is 6.18 Å². The summed E-state index contributed by atoms with van der Waals surface area (Å²) < 4.78 is 64.8. The zero-order chi connectivity index (χ0) is 16.5. The number of sulfonamides is 1. The maximum absolute atomic E-state index is 12.7. The third-order valence-corrected chi connectivity index (χ3v) is 4.46. The van der Waals surface area contributed by atoms with Gasteiger partial charge in [-0.25, -0.2) is 8.42 Å². The summed E-state index contributed by atoms with van der Waals surface area (Å²) in [6.45, 7) is 3.58. The molecule has 3 nitrogen and oxygen atoms in total. The van der Waals surface area contributed by atoms with Crippen LogP contribution in [0.4, 0.5) is 18.9 Å². The molecule has 22 heavy (non-hydrogen) atoms. The van der Waals surface area contributed by atoms with Crippen molar-refractivity contribution >= 4 is 15.7 Å². The van der Waals surface area contributed by atoms with E-state index in [1.54, 1.807) is 25.1 Å². The molecule has 0 amide bonds. The first-order valence-electron chi connectivity index (χ1n) is 6.37. The average molecular weight is 329 g/mol. The molecule has 2 aromatic rings. The quantitative estimate of drug-likeness (QED) is 0.920. The van der Waals surface area contributed by atoms with E-state index in [-0.39, 0.29) is 0 Å². The molecule has 2 aromatic carbocycles. The number of hydrogen-bond donors (Lipinski definition) is 1. The number of benzene rings is 2. The molecule has 7 heteroatoms. The van der Waals surface area contributed by atoms with Gasteiger partial charge < -0.3 is 0 Å². The van der Waals surface area contributed by atoms with Crippen molar-refractivity contribution in [2.24, 2.45) is 0 Å². The molecule has 118 valence electrons. The first-order valence-corrected chi connectivity index (χ1v) is 7.85. The van der Waals surface area contributed by atoms with Crippen LogP contribution in [-0.4, -0.2) is 8.42 Å². The first-order chi connectivity index (χ1) is 10.1. The normalized spacial score (nSPS) is 12.2. The van der Waals surface area contributed by atoms with Gasteiger partial charge in [-0.1, -0.05) is 23.8 Å². The lowest BCUT2D eigenvalue weighted by Crippen LogP contribution is -2.15. The number of aryl methyl sites for hydroxylation is 2. The fraction of sp³-hybridized carbons (Fsp3) is 0.200. The molecular formula is C15H14F3NO2S. The lowest BCUT2D eigenvalue weighted by molar-refractivity contribution is -0.137. The van der Waals surface area contributed by atoms with Crippen LogP contribution in [0, 0.1) is 13.8 Å². The summed E-state index contributed by atoms with van der Waals surface area (Å²) in [7, 11) is -4.08. The van der Waals surface area contributed by atoms with Gasteiger partial charge in [-0.15, -0.1) is 0 Å². The third kappa shape index (κ3) is 3.59. The maximum Gasteiger partial charge on any atom is 0.416 e. The second-order valence-electron chi connectivity index (χ2n) is 4.95. The standard InChI is InChI=1S/C15H14F3NO2S/c1-10-6-7-14(11(2)8-10)19-22(20,21)13-5-3-4-12(9-13)15(16,17)18/h3-9,19H,1-2H3. The van der Waals surface area contributed by atoms with Crippen molar-refractivity contribution in [2.75, 3.05) is 4.72 Å². The van der Waals surface area contributed by atoms with E-state index in [4.69, 9.17) is 0 Å². The highest BCUT2D eigenvalue weighted by molar-refractivity contribution is 7.92. The molecule has 0 aromatic heterocycles. The van der Waals surface area contributed by atoms with Gasteiger partial charge in [0.25, 0.3) is 10.0 Å². The summed E-state index contributed by atoms with van der Waals surface area (Å²) >= 11 is 0. The Morgan fingerprint density at radius 3 is 2.27 bits per heavy atom. The summed E-state index contributed by atoms with van der Waals surface area (Å²) in [4.78, 5) is -0.428. The molecule has 0 radical (unpaired) electrons. The van der Waals surface area contributed by atoms with Crippen LogP contribution in [0.2, 0.25) is 0 Å². The topological polar surface area (TPSA) is 46.2 Å². The molecule has 0 atom stereocenters. The zero-order valence-electron chi connectivity index (χ0n) is 11.9. The lowest BCUT2D eigenvalue weighted by Gasteiger charge is -2.13. The minimum absolute atomic E-state index is 0.336. The zero-order valence-corrected chi connectivity index (χ0v) is 12.7. The van der Waals surface area contributed by atoms with E-state index < -0.39 is 26.7 Å². The van der Waals surface area contributed by atoms with Gasteiger partial charge in [-0.3, -0.25) is 4.72 Å². The van der Waals surface area contributed by atoms with Crippen LogP contribution in [-0.2, 0) is 16.2 Å². The molecular weight excluding hydrogens is 315 g/mol. The average Bonchev–Trinajstić information content (AvgIpc) is 2.41.